The van der Waals surface area contributed by atoms with Crippen LogP contribution >= 0.6 is 0 Å². The molecule has 0 aliphatic heterocycles. The second-order valence-corrected chi connectivity index (χ2v) is 15.6. The SMILES string of the molecule is O=C(O)c1cc2ccccc2c(N=Nc2ccc3ccccc3c2S(=O)(=O)O)c1[O-].O=C(O)c1cc2ccccc2c(N=Nc2ccc3ccccc3c2S(=O)(=O)O)c1[O-].[Ca+2]. The maximum Gasteiger partial charge on any atom is 2.00 e. The molecule has 0 atom stereocenters. The molecule has 61 heavy (non-hydrogen) atoms. The van der Waals surface area contributed by atoms with Gasteiger partial charge in [-0.05, 0) is 45.8 Å². The Balaban J connectivity index is 0.000000201. The van der Waals surface area contributed by atoms with E-state index in [2.05, 4.69) is 20.5 Å². The van der Waals surface area contributed by atoms with Crippen molar-refractivity contribution in [2.45, 2.75) is 9.79 Å². The smallest absolute Gasteiger partial charge is 0.870 e. The van der Waals surface area contributed by atoms with Crippen LogP contribution in [0.25, 0.3) is 43.1 Å². The Hall–Kier alpha value is -6.38. The van der Waals surface area contributed by atoms with Crippen molar-refractivity contribution in [3.05, 3.63) is 145 Å². The molecule has 8 aromatic carbocycles. The molecule has 0 amide bonds. The van der Waals surface area contributed by atoms with E-state index in [-0.39, 0.29) is 71.3 Å². The predicted octanol–water partition coefficient (Wildman–Crippen LogP) is 8.47. The molecule has 0 unspecified atom stereocenters. The van der Waals surface area contributed by atoms with E-state index in [1.165, 1.54) is 36.4 Å². The summed E-state index contributed by atoms with van der Waals surface area (Å²) in [5.74, 6) is -4.52. The molecule has 0 spiro atoms. The maximum atomic E-state index is 12.6. The van der Waals surface area contributed by atoms with Crippen molar-refractivity contribution >= 4 is 136 Å². The van der Waals surface area contributed by atoms with Crippen molar-refractivity contribution in [1.82, 2.24) is 0 Å². The van der Waals surface area contributed by atoms with Gasteiger partial charge in [-0.25, -0.2) is 9.59 Å². The minimum Gasteiger partial charge on any atom is -0.870 e. The first-order valence-electron chi connectivity index (χ1n) is 17.3. The fourth-order valence-electron chi connectivity index (χ4n) is 6.51. The van der Waals surface area contributed by atoms with E-state index in [0.717, 1.165) is 0 Å². The molecule has 0 aliphatic rings. The van der Waals surface area contributed by atoms with Gasteiger partial charge in [-0.3, -0.25) is 9.11 Å². The minimum atomic E-state index is -4.66. The van der Waals surface area contributed by atoms with E-state index in [4.69, 9.17) is 0 Å². The second kappa shape index (κ2) is 17.7. The van der Waals surface area contributed by atoms with Crippen LogP contribution in [0.4, 0.5) is 22.7 Å². The van der Waals surface area contributed by atoms with Gasteiger partial charge in [0.25, 0.3) is 20.2 Å². The van der Waals surface area contributed by atoms with Gasteiger partial charge in [0, 0.05) is 21.5 Å². The number of benzene rings is 8. The van der Waals surface area contributed by atoms with Gasteiger partial charge in [0.1, 0.15) is 21.2 Å². The van der Waals surface area contributed by atoms with Crippen LogP contribution in [0.1, 0.15) is 20.7 Å². The number of carbonyl (C=O) groups is 2. The first-order chi connectivity index (χ1) is 28.5. The Morgan fingerprint density at radius 1 is 0.443 bits per heavy atom. The van der Waals surface area contributed by atoms with Crippen molar-refractivity contribution in [1.29, 1.82) is 0 Å². The number of aromatic carboxylic acids is 2. The molecule has 0 saturated carbocycles. The number of carboxylic acids is 2. The summed E-state index contributed by atoms with van der Waals surface area (Å²) in [5, 5.41) is 62.8. The number of nitrogens with zero attached hydrogens (tertiary/aromatic N) is 4. The summed E-state index contributed by atoms with van der Waals surface area (Å²) >= 11 is 0. The van der Waals surface area contributed by atoms with Crippen molar-refractivity contribution < 1.29 is 56.0 Å². The van der Waals surface area contributed by atoms with Crippen LogP contribution < -0.4 is 10.2 Å². The monoisotopic (exact) mass is 882 g/mol. The first kappa shape index (κ1) is 44.2. The van der Waals surface area contributed by atoms with Crippen molar-refractivity contribution in [3.8, 4) is 11.5 Å². The van der Waals surface area contributed by atoms with Gasteiger partial charge < -0.3 is 20.4 Å². The molecule has 19 heteroatoms. The van der Waals surface area contributed by atoms with Crippen LogP contribution in [0.15, 0.2) is 164 Å². The van der Waals surface area contributed by atoms with Gasteiger partial charge in [0.2, 0.25) is 0 Å². The van der Waals surface area contributed by atoms with E-state index in [1.54, 1.807) is 97.1 Å². The molecule has 0 fully saturated rings. The minimum absolute atomic E-state index is 0. The molecule has 8 rings (SSSR count). The number of fused-ring (bicyclic) bond motifs is 4. The Bertz CT molecular complexity index is 3160. The first-order valence-corrected chi connectivity index (χ1v) is 20.2. The van der Waals surface area contributed by atoms with Crippen molar-refractivity contribution in [3.63, 3.8) is 0 Å². The Labute approximate surface area is 375 Å². The maximum absolute atomic E-state index is 12.6. The molecular weight excluding hydrogens is 857 g/mol. The topological polar surface area (TPSA) is 279 Å². The number of hydrogen-bond acceptors (Lipinski definition) is 12. The molecule has 0 radical (unpaired) electrons. The third-order valence-electron chi connectivity index (χ3n) is 9.16. The van der Waals surface area contributed by atoms with Gasteiger partial charge in [-0.2, -0.15) is 27.1 Å². The third kappa shape index (κ3) is 9.05. The van der Waals surface area contributed by atoms with Crippen LogP contribution in [0.5, 0.6) is 11.5 Å². The van der Waals surface area contributed by atoms with E-state index in [0.29, 0.717) is 32.3 Å². The van der Waals surface area contributed by atoms with Crippen LogP contribution in [0.2, 0.25) is 0 Å². The summed E-state index contributed by atoms with van der Waals surface area (Å²) in [6.45, 7) is 0. The molecule has 0 heterocycles. The summed E-state index contributed by atoms with van der Waals surface area (Å²) in [4.78, 5) is 22.0. The average Bonchev–Trinajstić information content (AvgIpc) is 3.21. The molecule has 0 saturated heterocycles. The molecule has 0 aliphatic carbocycles. The van der Waals surface area contributed by atoms with Gasteiger partial charge >= 0.3 is 49.7 Å². The summed E-state index contributed by atoms with van der Waals surface area (Å²) in [7, 11) is -9.33. The predicted molar refractivity (Wildman–Crippen MR) is 222 cm³/mol. The Kier molecular flexibility index (Phi) is 12.8. The van der Waals surface area contributed by atoms with Crippen LogP contribution in [0, 0.1) is 0 Å². The van der Waals surface area contributed by atoms with E-state index in [9.17, 15) is 56.0 Å². The zero-order valence-electron chi connectivity index (χ0n) is 31.1. The number of azo groups is 2. The Morgan fingerprint density at radius 3 is 1.08 bits per heavy atom. The zero-order chi connectivity index (χ0) is 42.9. The average molecular weight is 883 g/mol. The molecular formula is C42H26CaN4O12S2. The fourth-order valence-corrected chi connectivity index (χ4v) is 8.18. The molecule has 0 aromatic heterocycles. The Morgan fingerprint density at radius 2 is 0.754 bits per heavy atom. The van der Waals surface area contributed by atoms with Crippen molar-refractivity contribution in [2.24, 2.45) is 20.5 Å². The van der Waals surface area contributed by atoms with Gasteiger partial charge in [0.05, 0.1) is 22.5 Å². The quantitative estimate of drug-likeness (QED) is 0.0635. The normalized spacial score (nSPS) is 11.8. The summed E-state index contributed by atoms with van der Waals surface area (Å²) in [6.07, 6.45) is 0. The zero-order valence-corrected chi connectivity index (χ0v) is 34.9. The third-order valence-corrected chi connectivity index (χ3v) is 11.1. The van der Waals surface area contributed by atoms with Crippen LogP contribution in [-0.4, -0.2) is 85.8 Å². The standard InChI is InChI=1S/2C21H14N2O6S.Ca/c2*24-19-16(21(25)26)11-13-6-2-3-7-14(13)18(19)23-22-17-10-9-12-5-1-4-8-15(12)20(17)30(27,28)29;/h2*1-11,24H,(H,25,26)(H,27,28,29);/q;;+2/p-2. The summed E-state index contributed by atoms with van der Waals surface area (Å²) < 4.78 is 67.5. The van der Waals surface area contributed by atoms with Gasteiger partial charge in [0.15, 0.2) is 0 Å². The molecule has 16 nitrogen and oxygen atoms in total. The van der Waals surface area contributed by atoms with Crippen LogP contribution in [0.3, 0.4) is 0 Å². The molecule has 300 valence electrons. The van der Waals surface area contributed by atoms with Crippen LogP contribution in [-0.2, 0) is 20.2 Å². The number of rotatable bonds is 8. The molecule has 8 aromatic rings. The summed E-state index contributed by atoms with van der Waals surface area (Å²) in [5.41, 5.74) is -1.78. The van der Waals surface area contributed by atoms with E-state index >= 15 is 0 Å². The van der Waals surface area contributed by atoms with Crippen molar-refractivity contribution in [2.75, 3.05) is 0 Å². The molecule has 0 bridgehead atoms. The van der Waals surface area contributed by atoms with Gasteiger partial charge in [-0.1, -0.05) is 121 Å². The number of hydrogen-bond donors (Lipinski definition) is 4. The number of carboxylic acid groups (broad SMARTS) is 2. The largest absolute Gasteiger partial charge is 2.00 e. The molecule has 4 N–H and O–H groups in total. The summed E-state index contributed by atoms with van der Waals surface area (Å²) in [6, 6.07) is 34.5. The van der Waals surface area contributed by atoms with E-state index in [1.807, 2.05) is 0 Å². The second-order valence-electron chi connectivity index (χ2n) is 12.9. The van der Waals surface area contributed by atoms with Gasteiger partial charge in [-0.15, -0.1) is 10.2 Å². The fraction of sp³-hybridized carbons (Fsp3) is 0. The van der Waals surface area contributed by atoms with E-state index < -0.39 is 64.6 Å².